The Bertz CT molecular complexity index is 920. The summed E-state index contributed by atoms with van der Waals surface area (Å²) in [6.07, 6.45) is 2.22. The first-order chi connectivity index (χ1) is 14.5. The van der Waals surface area contributed by atoms with Gasteiger partial charge in [0.15, 0.2) is 11.9 Å². The summed E-state index contributed by atoms with van der Waals surface area (Å²) in [4.78, 5) is 36.7. The van der Waals surface area contributed by atoms with E-state index in [1.165, 1.54) is 18.1 Å². The molecule has 1 aliphatic rings. The minimum absolute atomic E-state index is 0.0589. The molecule has 3 rings (SSSR count). The zero-order chi connectivity index (χ0) is 21.5. The van der Waals surface area contributed by atoms with Gasteiger partial charge in [-0.05, 0) is 74.6 Å². The van der Waals surface area contributed by atoms with E-state index in [4.69, 9.17) is 9.47 Å². The molecule has 6 heteroatoms. The van der Waals surface area contributed by atoms with Gasteiger partial charge in [-0.2, -0.15) is 0 Å². The van der Waals surface area contributed by atoms with Crippen molar-refractivity contribution in [2.75, 3.05) is 11.9 Å². The molecule has 158 valence electrons. The zero-order valence-electron chi connectivity index (χ0n) is 17.4. The van der Waals surface area contributed by atoms with E-state index >= 15 is 0 Å². The first-order valence-electron chi connectivity index (χ1n) is 10.3. The van der Waals surface area contributed by atoms with Crippen molar-refractivity contribution in [2.45, 2.75) is 52.1 Å². The van der Waals surface area contributed by atoms with Gasteiger partial charge in [-0.3, -0.25) is 14.4 Å². The van der Waals surface area contributed by atoms with Crippen LogP contribution in [0.1, 0.15) is 54.6 Å². The molecule has 0 unspecified atom stereocenters. The van der Waals surface area contributed by atoms with Crippen LogP contribution >= 0.6 is 0 Å². The fourth-order valence-electron chi connectivity index (χ4n) is 3.46. The number of carbonyl (C=O) groups is 3. The van der Waals surface area contributed by atoms with Crippen LogP contribution in [0, 0.1) is 0 Å². The van der Waals surface area contributed by atoms with Crippen LogP contribution in [0.15, 0.2) is 42.5 Å². The molecule has 0 aromatic heterocycles. The summed E-state index contributed by atoms with van der Waals surface area (Å²) >= 11 is 0. The third-order valence-electron chi connectivity index (χ3n) is 5.09. The summed E-state index contributed by atoms with van der Waals surface area (Å²) in [6, 6.07) is 12.7. The number of hydrogen-bond acceptors (Lipinski definition) is 5. The summed E-state index contributed by atoms with van der Waals surface area (Å²) < 4.78 is 10.5. The molecule has 2 aromatic rings. The Hall–Kier alpha value is -3.15. The summed E-state index contributed by atoms with van der Waals surface area (Å²) in [5.74, 6) is -0.382. The number of benzene rings is 2. The fourth-order valence-corrected chi connectivity index (χ4v) is 3.46. The van der Waals surface area contributed by atoms with Gasteiger partial charge in [0.1, 0.15) is 5.75 Å². The van der Waals surface area contributed by atoms with E-state index in [0.717, 1.165) is 19.3 Å². The first-order valence-corrected chi connectivity index (χ1v) is 10.3. The minimum Gasteiger partial charge on any atom is -0.494 e. The number of ketones is 1. The van der Waals surface area contributed by atoms with Gasteiger partial charge < -0.3 is 14.8 Å². The maximum absolute atomic E-state index is 12.4. The van der Waals surface area contributed by atoms with Gasteiger partial charge in [0.25, 0.3) is 5.91 Å². The molecule has 0 heterocycles. The number of rotatable bonds is 9. The van der Waals surface area contributed by atoms with Crippen LogP contribution in [0.3, 0.4) is 0 Å². The van der Waals surface area contributed by atoms with E-state index in [1.54, 1.807) is 24.3 Å². The van der Waals surface area contributed by atoms with Crippen LogP contribution in [-0.2, 0) is 27.2 Å². The first kappa shape index (κ1) is 21.6. The van der Waals surface area contributed by atoms with Crippen molar-refractivity contribution >= 4 is 23.3 Å². The molecular formula is C24H27NO5. The Morgan fingerprint density at radius 1 is 1.00 bits per heavy atom. The largest absolute Gasteiger partial charge is 0.494 e. The van der Waals surface area contributed by atoms with E-state index in [-0.39, 0.29) is 18.6 Å². The molecule has 0 aliphatic heterocycles. The monoisotopic (exact) mass is 409 g/mol. The molecule has 0 saturated heterocycles. The maximum atomic E-state index is 12.4. The molecule has 0 radical (unpaired) electrons. The molecule has 6 nitrogen and oxygen atoms in total. The van der Waals surface area contributed by atoms with Crippen LogP contribution in [0.4, 0.5) is 5.69 Å². The van der Waals surface area contributed by atoms with Gasteiger partial charge >= 0.3 is 5.97 Å². The molecule has 0 fully saturated rings. The van der Waals surface area contributed by atoms with Gasteiger partial charge in [0, 0.05) is 17.7 Å². The Labute approximate surface area is 176 Å². The van der Waals surface area contributed by atoms with Crippen LogP contribution in [-0.4, -0.2) is 30.4 Å². The molecule has 30 heavy (non-hydrogen) atoms. The van der Waals surface area contributed by atoms with E-state index in [9.17, 15) is 14.4 Å². The molecule has 1 N–H and O–H groups in total. The normalized spacial score (nSPS) is 13.3. The molecule has 1 amide bonds. The van der Waals surface area contributed by atoms with Crippen LogP contribution < -0.4 is 10.1 Å². The summed E-state index contributed by atoms with van der Waals surface area (Å²) in [5, 5.41) is 2.69. The Morgan fingerprint density at radius 3 is 2.47 bits per heavy atom. The fraction of sp³-hybridized carbons (Fsp3) is 0.375. The van der Waals surface area contributed by atoms with Crippen molar-refractivity contribution in [3.05, 3.63) is 59.2 Å². The molecule has 0 saturated carbocycles. The van der Waals surface area contributed by atoms with Crippen LogP contribution in [0.2, 0.25) is 0 Å². The van der Waals surface area contributed by atoms with E-state index in [1.807, 2.05) is 25.1 Å². The molecule has 0 bridgehead atoms. The number of ether oxygens (including phenoxy) is 2. The Morgan fingerprint density at radius 2 is 1.73 bits per heavy atom. The zero-order valence-corrected chi connectivity index (χ0v) is 17.4. The van der Waals surface area contributed by atoms with Crippen LogP contribution in [0.5, 0.6) is 5.75 Å². The number of amides is 1. The van der Waals surface area contributed by atoms with Crippen molar-refractivity contribution in [2.24, 2.45) is 0 Å². The van der Waals surface area contributed by atoms with Crippen molar-refractivity contribution < 1.29 is 23.9 Å². The van der Waals surface area contributed by atoms with Gasteiger partial charge in [-0.1, -0.05) is 12.1 Å². The molecule has 2 aromatic carbocycles. The minimum atomic E-state index is -0.959. The van der Waals surface area contributed by atoms with Gasteiger partial charge in [0.2, 0.25) is 0 Å². The predicted octanol–water partition coefficient (Wildman–Crippen LogP) is 4.11. The van der Waals surface area contributed by atoms with Gasteiger partial charge in [-0.15, -0.1) is 0 Å². The number of fused-ring (bicyclic) bond motifs is 1. The highest BCUT2D eigenvalue weighted by molar-refractivity contribution is 5.98. The second kappa shape index (κ2) is 10.1. The average Bonchev–Trinajstić information content (AvgIpc) is 3.21. The third kappa shape index (κ3) is 5.69. The van der Waals surface area contributed by atoms with E-state index in [0.29, 0.717) is 23.6 Å². The van der Waals surface area contributed by atoms with Crippen molar-refractivity contribution in [1.29, 1.82) is 0 Å². The van der Waals surface area contributed by atoms with Gasteiger partial charge in [-0.25, -0.2) is 0 Å². The van der Waals surface area contributed by atoms with Crippen molar-refractivity contribution in [3.8, 4) is 5.75 Å². The maximum Gasteiger partial charge on any atom is 0.307 e. The third-order valence-corrected chi connectivity index (χ3v) is 5.09. The SMILES string of the molecule is CCOc1ccc(NC(=O)[C@@H](C)OC(=O)CCC(=O)c2ccc3c(c2)CCC3)cc1. The Kier molecular flexibility index (Phi) is 7.22. The highest BCUT2D eigenvalue weighted by Gasteiger charge is 2.20. The molecule has 1 aliphatic carbocycles. The molecular weight excluding hydrogens is 382 g/mol. The quantitative estimate of drug-likeness (QED) is 0.498. The second-order valence-electron chi connectivity index (χ2n) is 7.34. The lowest BCUT2D eigenvalue weighted by Crippen LogP contribution is -2.30. The number of esters is 1. The highest BCUT2D eigenvalue weighted by Crippen LogP contribution is 2.23. The summed E-state index contributed by atoms with van der Waals surface area (Å²) in [6.45, 7) is 3.96. The summed E-state index contributed by atoms with van der Waals surface area (Å²) in [5.41, 5.74) is 3.74. The lowest BCUT2D eigenvalue weighted by molar-refractivity contribution is -0.153. The number of carbonyl (C=O) groups excluding carboxylic acids is 3. The molecule has 0 spiro atoms. The van der Waals surface area contributed by atoms with Gasteiger partial charge in [0.05, 0.1) is 13.0 Å². The Balaban J connectivity index is 1.44. The smallest absolute Gasteiger partial charge is 0.307 e. The topological polar surface area (TPSA) is 81.7 Å². The lowest BCUT2D eigenvalue weighted by Gasteiger charge is -2.14. The number of hydrogen-bond donors (Lipinski definition) is 1. The van der Waals surface area contributed by atoms with E-state index in [2.05, 4.69) is 5.32 Å². The highest BCUT2D eigenvalue weighted by atomic mass is 16.5. The van der Waals surface area contributed by atoms with Crippen LogP contribution in [0.25, 0.3) is 0 Å². The standard InChI is InChI=1S/C24H27NO5/c1-3-29-21-11-9-20(10-12-21)25-24(28)16(2)30-23(27)14-13-22(26)19-8-7-17-5-4-6-18(17)15-19/h7-12,15-16H,3-6,13-14H2,1-2H3,(H,25,28)/t16-/m1/s1. The number of anilines is 1. The van der Waals surface area contributed by atoms with Crippen molar-refractivity contribution in [3.63, 3.8) is 0 Å². The summed E-state index contributed by atoms with van der Waals surface area (Å²) in [7, 11) is 0. The number of aryl methyl sites for hydroxylation is 2. The van der Waals surface area contributed by atoms with Crippen molar-refractivity contribution in [1.82, 2.24) is 0 Å². The average molecular weight is 409 g/mol. The van der Waals surface area contributed by atoms with E-state index < -0.39 is 18.0 Å². The predicted molar refractivity (Wildman–Crippen MR) is 114 cm³/mol. The number of Topliss-reactive ketones (excluding diaryl/α,β-unsaturated/α-hetero) is 1. The number of nitrogens with one attached hydrogen (secondary N) is 1. The molecule has 1 atom stereocenters. The lowest BCUT2D eigenvalue weighted by atomic mass is 10.0. The second-order valence-corrected chi connectivity index (χ2v) is 7.34.